The van der Waals surface area contributed by atoms with Crippen LogP contribution in [0.1, 0.15) is 51.2 Å². The van der Waals surface area contributed by atoms with E-state index in [0.717, 1.165) is 16.9 Å². The van der Waals surface area contributed by atoms with E-state index < -0.39 is 6.04 Å². The molecule has 0 fully saturated rings. The Morgan fingerprint density at radius 2 is 1.78 bits per heavy atom. The molecule has 0 saturated heterocycles. The zero-order valence-corrected chi connectivity index (χ0v) is 20.7. The molecule has 0 heterocycles. The van der Waals surface area contributed by atoms with Crippen LogP contribution >= 0.6 is 23.2 Å². The van der Waals surface area contributed by atoms with Gasteiger partial charge >= 0.3 is 0 Å². The van der Waals surface area contributed by atoms with E-state index in [2.05, 4.69) is 5.32 Å². The summed E-state index contributed by atoms with van der Waals surface area (Å²) in [5.41, 5.74) is 1.91. The lowest BCUT2D eigenvalue weighted by Crippen LogP contribution is -2.50. The standard InChI is InChI=1S/C25H32Cl2N2O3/c1-5-23(25(31)28-17(2)3)29(16-19-10-11-20(26)15-22(19)27)24(30)7-6-14-32-21-12-8-18(4)9-13-21/h8-13,15,17,23H,5-7,14,16H2,1-4H3,(H,28,31)/t23-/m1/s1. The van der Waals surface area contributed by atoms with Gasteiger partial charge in [-0.3, -0.25) is 9.59 Å². The monoisotopic (exact) mass is 478 g/mol. The first kappa shape index (κ1) is 26.0. The molecule has 2 aromatic carbocycles. The molecular weight excluding hydrogens is 447 g/mol. The van der Waals surface area contributed by atoms with E-state index in [1.807, 2.05) is 52.0 Å². The Hall–Kier alpha value is -2.24. The second-order valence-electron chi connectivity index (χ2n) is 8.11. The molecule has 1 atom stereocenters. The molecule has 0 aliphatic heterocycles. The van der Waals surface area contributed by atoms with Gasteiger partial charge in [0.25, 0.3) is 0 Å². The maximum Gasteiger partial charge on any atom is 0.243 e. The van der Waals surface area contributed by atoms with Crippen molar-refractivity contribution in [1.82, 2.24) is 10.2 Å². The van der Waals surface area contributed by atoms with Crippen molar-refractivity contribution >= 4 is 35.0 Å². The van der Waals surface area contributed by atoms with Gasteiger partial charge in [0, 0.05) is 29.1 Å². The van der Waals surface area contributed by atoms with Crippen LogP contribution in [-0.4, -0.2) is 35.4 Å². The summed E-state index contributed by atoms with van der Waals surface area (Å²) in [7, 11) is 0. The lowest BCUT2D eigenvalue weighted by Gasteiger charge is -2.31. The summed E-state index contributed by atoms with van der Waals surface area (Å²) >= 11 is 12.4. The minimum atomic E-state index is -0.588. The van der Waals surface area contributed by atoms with Gasteiger partial charge in [0.2, 0.25) is 11.8 Å². The predicted molar refractivity (Wildman–Crippen MR) is 130 cm³/mol. The third kappa shape index (κ3) is 8.03. The van der Waals surface area contributed by atoms with E-state index in [1.54, 1.807) is 23.1 Å². The maximum atomic E-state index is 13.2. The van der Waals surface area contributed by atoms with E-state index in [4.69, 9.17) is 27.9 Å². The molecule has 0 saturated carbocycles. The molecule has 0 aliphatic carbocycles. The summed E-state index contributed by atoms with van der Waals surface area (Å²) in [4.78, 5) is 27.6. The van der Waals surface area contributed by atoms with Gasteiger partial charge in [-0.2, -0.15) is 0 Å². The van der Waals surface area contributed by atoms with E-state index in [1.165, 1.54) is 0 Å². The lowest BCUT2D eigenvalue weighted by molar-refractivity contribution is -0.141. The molecule has 0 aromatic heterocycles. The molecule has 0 aliphatic rings. The SMILES string of the molecule is CC[C@H](C(=O)NC(C)C)N(Cc1ccc(Cl)cc1Cl)C(=O)CCCOc1ccc(C)cc1. The average molecular weight is 479 g/mol. The van der Waals surface area contributed by atoms with E-state index >= 15 is 0 Å². The van der Waals surface area contributed by atoms with Crippen molar-refractivity contribution in [2.45, 2.75) is 65.6 Å². The third-order valence-electron chi connectivity index (χ3n) is 5.00. The molecule has 1 N–H and O–H groups in total. The number of aryl methyl sites for hydroxylation is 1. The van der Waals surface area contributed by atoms with E-state index in [9.17, 15) is 9.59 Å². The zero-order valence-electron chi connectivity index (χ0n) is 19.2. The van der Waals surface area contributed by atoms with Crippen LogP contribution in [0.25, 0.3) is 0 Å². The van der Waals surface area contributed by atoms with Crippen molar-refractivity contribution < 1.29 is 14.3 Å². The van der Waals surface area contributed by atoms with Gasteiger partial charge in [0.15, 0.2) is 0 Å². The van der Waals surface area contributed by atoms with Gasteiger partial charge in [0.1, 0.15) is 11.8 Å². The number of carbonyl (C=O) groups excluding carboxylic acids is 2. The van der Waals surface area contributed by atoms with Gasteiger partial charge in [0.05, 0.1) is 6.61 Å². The molecule has 2 rings (SSSR count). The quantitative estimate of drug-likeness (QED) is 0.415. The zero-order chi connectivity index (χ0) is 23.7. The molecule has 32 heavy (non-hydrogen) atoms. The Morgan fingerprint density at radius 1 is 1.09 bits per heavy atom. The summed E-state index contributed by atoms with van der Waals surface area (Å²) in [6.45, 7) is 8.36. The maximum absolute atomic E-state index is 13.2. The highest BCUT2D eigenvalue weighted by molar-refractivity contribution is 6.35. The van der Waals surface area contributed by atoms with Crippen molar-refractivity contribution in [3.8, 4) is 5.75 Å². The normalized spacial score (nSPS) is 11.8. The van der Waals surface area contributed by atoms with Crippen molar-refractivity contribution in [3.05, 3.63) is 63.6 Å². The molecule has 5 nitrogen and oxygen atoms in total. The van der Waals surface area contributed by atoms with E-state index in [0.29, 0.717) is 29.5 Å². The number of halogens is 2. The number of hydrogen-bond donors (Lipinski definition) is 1. The van der Waals surface area contributed by atoms with Crippen LogP contribution < -0.4 is 10.1 Å². The van der Waals surface area contributed by atoms with Crippen LogP contribution in [0.15, 0.2) is 42.5 Å². The Balaban J connectivity index is 2.09. The topological polar surface area (TPSA) is 58.6 Å². The summed E-state index contributed by atoms with van der Waals surface area (Å²) in [5.74, 6) is 0.488. The minimum absolute atomic E-state index is 0.0180. The average Bonchev–Trinajstić information content (AvgIpc) is 2.73. The van der Waals surface area contributed by atoms with Gasteiger partial charge in [-0.1, -0.05) is 53.9 Å². The van der Waals surface area contributed by atoms with E-state index in [-0.39, 0.29) is 30.8 Å². The number of nitrogens with one attached hydrogen (secondary N) is 1. The van der Waals surface area contributed by atoms with Crippen molar-refractivity contribution in [3.63, 3.8) is 0 Å². The fourth-order valence-corrected chi connectivity index (χ4v) is 3.79. The Morgan fingerprint density at radius 3 is 2.38 bits per heavy atom. The molecule has 0 spiro atoms. The highest BCUT2D eigenvalue weighted by atomic mass is 35.5. The summed E-state index contributed by atoms with van der Waals surface area (Å²) in [6, 6.07) is 12.4. The second-order valence-corrected chi connectivity index (χ2v) is 8.95. The Kier molecular flexibility index (Phi) is 10.3. The summed E-state index contributed by atoms with van der Waals surface area (Å²) in [5, 5.41) is 3.91. The first-order chi connectivity index (χ1) is 15.2. The van der Waals surface area contributed by atoms with Crippen LogP contribution in [0.3, 0.4) is 0 Å². The highest BCUT2D eigenvalue weighted by Gasteiger charge is 2.29. The lowest BCUT2D eigenvalue weighted by atomic mass is 10.1. The molecule has 174 valence electrons. The molecule has 0 bridgehead atoms. The smallest absolute Gasteiger partial charge is 0.243 e. The number of carbonyl (C=O) groups is 2. The fourth-order valence-electron chi connectivity index (χ4n) is 3.33. The van der Waals surface area contributed by atoms with Crippen LogP contribution in [0.5, 0.6) is 5.75 Å². The first-order valence-electron chi connectivity index (χ1n) is 10.9. The van der Waals surface area contributed by atoms with Crippen LogP contribution in [0.2, 0.25) is 10.0 Å². The molecule has 0 radical (unpaired) electrons. The number of hydrogen-bond acceptors (Lipinski definition) is 3. The summed E-state index contributed by atoms with van der Waals surface area (Å²) < 4.78 is 5.74. The van der Waals surface area contributed by atoms with Crippen molar-refractivity contribution in [2.24, 2.45) is 0 Å². The largest absolute Gasteiger partial charge is 0.494 e. The number of nitrogens with zero attached hydrogens (tertiary/aromatic N) is 1. The fraction of sp³-hybridized carbons (Fsp3) is 0.440. The number of amides is 2. The molecule has 7 heteroatoms. The Labute approximate surface area is 201 Å². The van der Waals surface area contributed by atoms with Crippen LogP contribution in [-0.2, 0) is 16.1 Å². The molecule has 0 unspecified atom stereocenters. The number of rotatable bonds is 11. The van der Waals surface area contributed by atoms with Crippen LogP contribution in [0, 0.1) is 6.92 Å². The molecular formula is C25H32Cl2N2O3. The Bertz CT molecular complexity index is 901. The summed E-state index contributed by atoms with van der Waals surface area (Å²) in [6.07, 6.45) is 1.30. The third-order valence-corrected chi connectivity index (χ3v) is 5.58. The van der Waals surface area contributed by atoms with Crippen molar-refractivity contribution in [1.29, 1.82) is 0 Å². The second kappa shape index (κ2) is 12.7. The molecule has 2 aromatic rings. The number of benzene rings is 2. The molecule has 2 amide bonds. The van der Waals surface area contributed by atoms with Gasteiger partial charge in [-0.25, -0.2) is 0 Å². The highest BCUT2D eigenvalue weighted by Crippen LogP contribution is 2.24. The predicted octanol–water partition coefficient (Wildman–Crippen LogP) is 5.79. The van der Waals surface area contributed by atoms with Gasteiger partial charge in [-0.15, -0.1) is 0 Å². The van der Waals surface area contributed by atoms with Gasteiger partial charge in [-0.05, 0) is 63.4 Å². The minimum Gasteiger partial charge on any atom is -0.494 e. The number of ether oxygens (including phenoxy) is 1. The first-order valence-corrected chi connectivity index (χ1v) is 11.7. The van der Waals surface area contributed by atoms with Gasteiger partial charge < -0.3 is 15.0 Å². The van der Waals surface area contributed by atoms with Crippen LogP contribution in [0.4, 0.5) is 0 Å². The van der Waals surface area contributed by atoms with Crippen molar-refractivity contribution in [2.75, 3.05) is 6.61 Å².